The van der Waals surface area contributed by atoms with Crippen molar-refractivity contribution in [2.45, 2.75) is 44.6 Å². The largest absolute Gasteiger partial charge is 0.416 e. The summed E-state index contributed by atoms with van der Waals surface area (Å²) in [6.07, 6.45) is -9.90. The lowest BCUT2D eigenvalue weighted by Crippen LogP contribution is -2.40. The van der Waals surface area contributed by atoms with Gasteiger partial charge in [0.1, 0.15) is 0 Å². The summed E-state index contributed by atoms with van der Waals surface area (Å²) in [6, 6.07) is 6.63. The normalized spacial score (nSPS) is 12.7. The minimum absolute atomic E-state index is 0.0282. The van der Waals surface area contributed by atoms with Gasteiger partial charge in [0, 0.05) is 36.6 Å². The topological polar surface area (TPSA) is 49.4 Å². The van der Waals surface area contributed by atoms with Crippen molar-refractivity contribution >= 4 is 23.4 Å². The van der Waals surface area contributed by atoms with E-state index in [1.165, 1.54) is 7.05 Å². The molecule has 4 nitrogen and oxygen atoms in total. The standard InChI is InChI=1S/C25H25ClF6N2O2/c1-15(2)14-33-22(35)9-8-21(10-16-4-6-20(26)7-5-16)34(3)23(36)17-11-18(24(27,28)29)13-19(12-17)25(30,31)32/h4-7,11-13,21H,1,8-10,14H2,2-3H3,(H,33,35). The van der Waals surface area contributed by atoms with Crippen molar-refractivity contribution in [1.29, 1.82) is 0 Å². The molecule has 0 aliphatic carbocycles. The van der Waals surface area contributed by atoms with Gasteiger partial charge in [0.25, 0.3) is 5.91 Å². The van der Waals surface area contributed by atoms with Crippen LogP contribution in [0.3, 0.4) is 0 Å². The Morgan fingerprint density at radius 1 is 1.00 bits per heavy atom. The Balaban J connectivity index is 2.37. The smallest absolute Gasteiger partial charge is 0.352 e. The molecule has 36 heavy (non-hydrogen) atoms. The number of nitrogens with zero attached hydrogens (tertiary/aromatic N) is 1. The van der Waals surface area contributed by atoms with E-state index in [4.69, 9.17) is 11.6 Å². The zero-order valence-electron chi connectivity index (χ0n) is 19.6. The molecule has 11 heteroatoms. The molecule has 196 valence electrons. The van der Waals surface area contributed by atoms with Gasteiger partial charge in [-0.3, -0.25) is 9.59 Å². The second-order valence-electron chi connectivity index (χ2n) is 8.47. The number of rotatable bonds is 9. The van der Waals surface area contributed by atoms with Crippen LogP contribution in [0.25, 0.3) is 0 Å². The molecule has 0 fully saturated rings. The van der Waals surface area contributed by atoms with E-state index >= 15 is 0 Å². The highest BCUT2D eigenvalue weighted by Crippen LogP contribution is 2.36. The third kappa shape index (κ3) is 8.58. The first-order chi connectivity index (χ1) is 16.6. The molecule has 1 N–H and O–H groups in total. The van der Waals surface area contributed by atoms with Gasteiger partial charge < -0.3 is 10.2 Å². The van der Waals surface area contributed by atoms with Crippen LogP contribution in [-0.4, -0.2) is 36.3 Å². The van der Waals surface area contributed by atoms with E-state index in [-0.39, 0.29) is 37.8 Å². The van der Waals surface area contributed by atoms with Gasteiger partial charge in [-0.2, -0.15) is 26.3 Å². The van der Waals surface area contributed by atoms with Crippen molar-refractivity contribution in [3.63, 3.8) is 0 Å². The highest BCUT2D eigenvalue weighted by molar-refractivity contribution is 6.30. The zero-order valence-corrected chi connectivity index (χ0v) is 20.3. The molecule has 0 saturated carbocycles. The van der Waals surface area contributed by atoms with Crippen LogP contribution in [0, 0.1) is 0 Å². The SMILES string of the molecule is C=C(C)CNC(=O)CCC(Cc1ccc(Cl)cc1)N(C)C(=O)c1cc(C(F)(F)F)cc(C(F)(F)F)c1. The summed E-state index contributed by atoms with van der Waals surface area (Å²) < 4.78 is 79.6. The third-order valence-electron chi connectivity index (χ3n) is 5.38. The van der Waals surface area contributed by atoms with Crippen LogP contribution >= 0.6 is 11.6 Å². The van der Waals surface area contributed by atoms with Gasteiger partial charge in [0.05, 0.1) is 11.1 Å². The monoisotopic (exact) mass is 534 g/mol. The van der Waals surface area contributed by atoms with E-state index in [0.717, 1.165) is 10.5 Å². The third-order valence-corrected chi connectivity index (χ3v) is 5.63. The number of likely N-dealkylation sites (N-methyl/N-ethyl adjacent to an activating group) is 1. The fourth-order valence-electron chi connectivity index (χ4n) is 3.41. The minimum atomic E-state index is -5.08. The lowest BCUT2D eigenvalue weighted by Gasteiger charge is -2.29. The van der Waals surface area contributed by atoms with Crippen molar-refractivity contribution in [3.05, 3.63) is 81.9 Å². The van der Waals surface area contributed by atoms with Crippen LogP contribution in [0.4, 0.5) is 26.3 Å². The van der Waals surface area contributed by atoms with Gasteiger partial charge in [0.15, 0.2) is 0 Å². The van der Waals surface area contributed by atoms with Crippen molar-refractivity contribution in [2.24, 2.45) is 0 Å². The molecule has 2 aromatic carbocycles. The maximum absolute atomic E-state index is 13.3. The predicted molar refractivity (Wildman–Crippen MR) is 125 cm³/mol. The van der Waals surface area contributed by atoms with Crippen LogP contribution in [0.5, 0.6) is 0 Å². The van der Waals surface area contributed by atoms with Crippen LogP contribution in [-0.2, 0) is 23.6 Å². The van der Waals surface area contributed by atoms with Gasteiger partial charge in [-0.1, -0.05) is 35.9 Å². The van der Waals surface area contributed by atoms with E-state index in [1.807, 2.05) is 0 Å². The number of hydrogen-bond acceptors (Lipinski definition) is 2. The zero-order chi connectivity index (χ0) is 27.3. The quantitative estimate of drug-likeness (QED) is 0.294. The average Bonchev–Trinajstić information content (AvgIpc) is 2.79. The summed E-state index contributed by atoms with van der Waals surface area (Å²) in [5.74, 6) is -1.37. The summed E-state index contributed by atoms with van der Waals surface area (Å²) >= 11 is 5.90. The number of amides is 2. The Hall–Kier alpha value is -3.01. The maximum Gasteiger partial charge on any atom is 0.416 e. The lowest BCUT2D eigenvalue weighted by atomic mass is 9.98. The molecule has 0 spiro atoms. The molecule has 1 atom stereocenters. The summed E-state index contributed by atoms with van der Waals surface area (Å²) in [6.45, 7) is 5.65. The first-order valence-electron chi connectivity index (χ1n) is 10.8. The highest BCUT2D eigenvalue weighted by Gasteiger charge is 2.38. The first-order valence-corrected chi connectivity index (χ1v) is 11.2. The number of alkyl halides is 6. The van der Waals surface area contributed by atoms with Crippen molar-refractivity contribution in [3.8, 4) is 0 Å². The summed E-state index contributed by atoms with van der Waals surface area (Å²) in [4.78, 5) is 26.4. The Labute approximate surface area is 209 Å². The van der Waals surface area contributed by atoms with Gasteiger partial charge >= 0.3 is 12.4 Å². The van der Waals surface area contributed by atoms with Crippen LogP contribution in [0.15, 0.2) is 54.6 Å². The fraction of sp³-hybridized carbons (Fsp3) is 0.360. The molecule has 2 amide bonds. The van der Waals surface area contributed by atoms with Crippen LogP contribution in [0.2, 0.25) is 5.02 Å². The number of nitrogens with one attached hydrogen (secondary N) is 1. The van der Waals surface area contributed by atoms with Crippen molar-refractivity contribution < 1.29 is 35.9 Å². The summed E-state index contributed by atoms with van der Waals surface area (Å²) in [7, 11) is 1.28. The van der Waals surface area contributed by atoms with E-state index < -0.39 is 41.0 Å². The molecule has 2 aromatic rings. The van der Waals surface area contributed by atoms with E-state index in [1.54, 1.807) is 31.2 Å². The average molecular weight is 535 g/mol. The predicted octanol–water partition coefficient (Wildman–Crippen LogP) is 6.53. The molecular weight excluding hydrogens is 510 g/mol. The van der Waals surface area contributed by atoms with Gasteiger partial charge in [-0.25, -0.2) is 0 Å². The second kappa shape index (κ2) is 11.8. The second-order valence-corrected chi connectivity index (χ2v) is 8.90. The van der Waals surface area contributed by atoms with Crippen LogP contribution in [0.1, 0.15) is 46.8 Å². The molecular formula is C25H25ClF6N2O2. The molecule has 0 saturated heterocycles. The van der Waals surface area contributed by atoms with Gasteiger partial charge in [0.2, 0.25) is 5.91 Å². The molecule has 0 bridgehead atoms. The number of carbonyl (C=O) groups is 2. The lowest BCUT2D eigenvalue weighted by molar-refractivity contribution is -0.143. The molecule has 0 aliphatic rings. The number of carbonyl (C=O) groups excluding carboxylic acids is 2. The number of hydrogen-bond donors (Lipinski definition) is 1. The molecule has 1 unspecified atom stereocenters. The molecule has 0 heterocycles. The Kier molecular flexibility index (Phi) is 9.59. The van der Waals surface area contributed by atoms with E-state index in [2.05, 4.69) is 11.9 Å². The maximum atomic E-state index is 13.3. The molecule has 0 aliphatic heterocycles. The van der Waals surface area contributed by atoms with Crippen molar-refractivity contribution in [2.75, 3.05) is 13.6 Å². The minimum Gasteiger partial charge on any atom is -0.352 e. The molecule has 2 rings (SSSR count). The summed E-state index contributed by atoms with van der Waals surface area (Å²) in [5, 5.41) is 3.11. The first kappa shape index (κ1) is 29.2. The highest BCUT2D eigenvalue weighted by atomic mass is 35.5. The number of benzene rings is 2. The summed E-state index contributed by atoms with van der Waals surface area (Å²) in [5.41, 5.74) is -2.48. The molecule has 0 radical (unpaired) electrons. The fourth-order valence-corrected chi connectivity index (χ4v) is 3.53. The number of halogens is 7. The van der Waals surface area contributed by atoms with Crippen molar-refractivity contribution in [1.82, 2.24) is 10.2 Å². The Morgan fingerprint density at radius 2 is 1.53 bits per heavy atom. The van der Waals surface area contributed by atoms with Gasteiger partial charge in [-0.05, 0) is 55.7 Å². The van der Waals surface area contributed by atoms with Gasteiger partial charge in [-0.15, -0.1) is 0 Å². The van der Waals surface area contributed by atoms with E-state index in [9.17, 15) is 35.9 Å². The Bertz CT molecular complexity index is 1060. The van der Waals surface area contributed by atoms with Crippen LogP contribution < -0.4 is 5.32 Å². The molecule has 0 aromatic heterocycles. The van der Waals surface area contributed by atoms with E-state index in [0.29, 0.717) is 22.7 Å². The Morgan fingerprint density at radius 3 is 2.00 bits per heavy atom.